The Balaban J connectivity index is 1.29. The van der Waals surface area contributed by atoms with Crippen LogP contribution in [0.3, 0.4) is 0 Å². The molecule has 0 aromatic heterocycles. The largest absolute Gasteiger partial charge is 0.458 e. The Morgan fingerprint density at radius 1 is 1.02 bits per heavy atom. The van der Waals surface area contributed by atoms with E-state index in [1.165, 1.54) is 31.2 Å². The highest BCUT2D eigenvalue weighted by Gasteiger charge is 2.58. The second kappa shape index (κ2) is 11.9. The minimum Gasteiger partial charge on any atom is -0.458 e. The molecule has 2 aliphatic carbocycles. The first kappa shape index (κ1) is 29.9. The van der Waals surface area contributed by atoms with E-state index in [1.54, 1.807) is 0 Å². The number of esters is 1. The summed E-state index contributed by atoms with van der Waals surface area (Å²) in [6, 6.07) is 13.2. The van der Waals surface area contributed by atoms with Crippen molar-refractivity contribution in [1.29, 1.82) is 0 Å². The van der Waals surface area contributed by atoms with Gasteiger partial charge in [-0.3, -0.25) is 9.69 Å². The van der Waals surface area contributed by atoms with Gasteiger partial charge in [0, 0.05) is 57.4 Å². The quantitative estimate of drug-likeness (QED) is 0.323. The van der Waals surface area contributed by atoms with Crippen LogP contribution in [0.4, 0.5) is 8.78 Å². The number of ether oxygens (including phenoxy) is 1. The number of halogens is 2. The second-order valence-electron chi connectivity index (χ2n) is 12.8. The van der Waals surface area contributed by atoms with Crippen molar-refractivity contribution >= 4 is 5.97 Å². The summed E-state index contributed by atoms with van der Waals surface area (Å²) in [7, 11) is 0. The van der Waals surface area contributed by atoms with Crippen LogP contribution in [0.2, 0.25) is 0 Å². The predicted molar refractivity (Wildman–Crippen MR) is 156 cm³/mol. The molecule has 2 fully saturated rings. The molecule has 1 heterocycles. The first-order chi connectivity index (χ1) is 19.5. The van der Waals surface area contributed by atoms with E-state index in [1.807, 2.05) is 31.2 Å². The van der Waals surface area contributed by atoms with Gasteiger partial charge >= 0.3 is 5.97 Å². The normalized spacial score (nSPS) is 30.0. The maximum Gasteiger partial charge on any atom is 0.303 e. The van der Waals surface area contributed by atoms with Gasteiger partial charge in [-0.25, -0.2) is 8.78 Å². The summed E-state index contributed by atoms with van der Waals surface area (Å²) in [5.74, 6) is -0.550. The molecule has 5 rings (SSSR count). The third kappa shape index (κ3) is 5.99. The molecule has 7 heteroatoms. The lowest BCUT2D eigenvalue weighted by Crippen LogP contribution is -2.62. The van der Waals surface area contributed by atoms with Crippen molar-refractivity contribution in [3.05, 3.63) is 82.9 Å². The molecule has 1 saturated carbocycles. The van der Waals surface area contributed by atoms with Crippen molar-refractivity contribution in [2.75, 3.05) is 32.7 Å². The molecule has 5 atom stereocenters. The van der Waals surface area contributed by atoms with E-state index in [2.05, 4.69) is 29.7 Å². The van der Waals surface area contributed by atoms with Gasteiger partial charge in [0.2, 0.25) is 0 Å². The number of fused-ring (bicyclic) bond motifs is 1. The molecule has 0 radical (unpaired) electrons. The van der Waals surface area contributed by atoms with Gasteiger partial charge in [0.15, 0.2) is 0 Å². The summed E-state index contributed by atoms with van der Waals surface area (Å²) < 4.78 is 33.1. The van der Waals surface area contributed by atoms with Crippen molar-refractivity contribution < 1.29 is 23.4 Å². The summed E-state index contributed by atoms with van der Waals surface area (Å²) in [6.07, 6.45) is 5.20. The van der Waals surface area contributed by atoms with E-state index in [9.17, 15) is 18.7 Å². The number of nitrogens with zero attached hydrogens (tertiary/aromatic N) is 2. The molecular weight excluding hydrogens is 522 g/mol. The average molecular weight is 567 g/mol. The Morgan fingerprint density at radius 2 is 1.59 bits per heavy atom. The molecular formula is C34H44F2N2O3. The molecule has 1 N–H and O–H groups in total. The number of hydrogen-bond acceptors (Lipinski definition) is 5. The maximum absolute atomic E-state index is 13.7. The zero-order chi connectivity index (χ0) is 29.4. The van der Waals surface area contributed by atoms with E-state index >= 15 is 0 Å². The zero-order valence-corrected chi connectivity index (χ0v) is 24.8. The highest BCUT2D eigenvalue weighted by Crippen LogP contribution is 2.57. The lowest BCUT2D eigenvalue weighted by atomic mass is 9.51. The highest BCUT2D eigenvalue weighted by atomic mass is 19.1. The van der Waals surface area contributed by atoms with Crippen LogP contribution in [0.5, 0.6) is 0 Å². The fourth-order valence-electron chi connectivity index (χ4n) is 7.75. The van der Waals surface area contributed by atoms with Crippen molar-refractivity contribution in [2.45, 2.75) is 71.1 Å². The monoisotopic (exact) mass is 566 g/mol. The number of carbonyl (C=O) groups excluding carboxylic acids is 1. The van der Waals surface area contributed by atoms with Crippen LogP contribution in [-0.2, 0) is 9.53 Å². The van der Waals surface area contributed by atoms with E-state index in [-0.39, 0.29) is 47.0 Å². The second-order valence-corrected chi connectivity index (χ2v) is 12.8. The number of aliphatic hydroxyl groups is 1. The van der Waals surface area contributed by atoms with Crippen LogP contribution >= 0.6 is 0 Å². The van der Waals surface area contributed by atoms with E-state index < -0.39 is 5.60 Å². The molecule has 2 aromatic carbocycles. The van der Waals surface area contributed by atoms with Crippen molar-refractivity contribution in [1.82, 2.24) is 9.80 Å². The Hall–Kier alpha value is -2.61. The number of rotatable bonds is 7. The Labute approximate surface area is 243 Å². The van der Waals surface area contributed by atoms with Crippen LogP contribution in [0.1, 0.15) is 70.5 Å². The van der Waals surface area contributed by atoms with Gasteiger partial charge < -0.3 is 14.7 Å². The van der Waals surface area contributed by atoms with Crippen LogP contribution < -0.4 is 0 Å². The predicted octanol–water partition coefficient (Wildman–Crippen LogP) is 6.13. The standard InChI is InChI=1S/C34H44F2N2O3/c1-23-20-28-6-5-15-33(4,34(28,40)21-31(23)41-25(3)39)24(2)22-37-16-18-38(19-17-37)32(26-7-11-29(35)12-8-26)27-9-13-30(36)14-10-27/h7-14,20,24,28,31-32,40H,5-6,15-19,21-22H2,1-4H3/t24-,28?,31+,33+,34+/m0/s1. The van der Waals surface area contributed by atoms with Crippen LogP contribution in [0.25, 0.3) is 0 Å². The topological polar surface area (TPSA) is 53.0 Å². The third-order valence-electron chi connectivity index (χ3n) is 10.4. The highest BCUT2D eigenvalue weighted by molar-refractivity contribution is 5.66. The number of carbonyl (C=O) groups is 1. The molecule has 222 valence electrons. The van der Waals surface area contributed by atoms with Crippen LogP contribution in [0.15, 0.2) is 60.2 Å². The molecule has 2 aromatic rings. The lowest BCUT2D eigenvalue weighted by molar-refractivity contribution is -0.186. The van der Waals surface area contributed by atoms with E-state index in [0.29, 0.717) is 6.42 Å². The molecule has 0 amide bonds. The fraction of sp³-hybridized carbons (Fsp3) is 0.559. The van der Waals surface area contributed by atoms with Gasteiger partial charge in [0.1, 0.15) is 17.7 Å². The maximum atomic E-state index is 13.7. The van der Waals surface area contributed by atoms with Crippen LogP contribution in [-0.4, -0.2) is 65.3 Å². The van der Waals surface area contributed by atoms with E-state index in [0.717, 1.165) is 68.7 Å². The van der Waals surface area contributed by atoms with Gasteiger partial charge in [-0.05, 0) is 66.6 Å². The molecule has 41 heavy (non-hydrogen) atoms. The number of hydrogen-bond donors (Lipinski definition) is 1. The SMILES string of the molecule is CC(=O)O[C@@H]1C[C@@]2(O)C(C=C1C)CCC[C@]2(C)[C@@H](C)CN1CCN(C(c2ccc(F)cc2)c2ccc(F)cc2)CC1. The molecule has 1 unspecified atom stereocenters. The Morgan fingerprint density at radius 3 is 2.12 bits per heavy atom. The molecule has 0 bridgehead atoms. The van der Waals surface area contributed by atoms with Crippen LogP contribution in [0, 0.1) is 28.9 Å². The minimum absolute atomic E-state index is 0.0690. The fourth-order valence-corrected chi connectivity index (χ4v) is 7.75. The van der Waals surface area contributed by atoms with Crippen molar-refractivity contribution in [3.8, 4) is 0 Å². The first-order valence-corrected chi connectivity index (χ1v) is 15.1. The van der Waals surface area contributed by atoms with E-state index in [4.69, 9.17) is 4.74 Å². The minimum atomic E-state index is -0.928. The summed E-state index contributed by atoms with van der Waals surface area (Å²) in [6.45, 7) is 12.2. The summed E-state index contributed by atoms with van der Waals surface area (Å²) >= 11 is 0. The van der Waals surface area contributed by atoms with Gasteiger partial charge in [0.25, 0.3) is 0 Å². The average Bonchev–Trinajstić information content (AvgIpc) is 2.93. The molecule has 3 aliphatic rings. The van der Waals surface area contributed by atoms with Gasteiger partial charge in [-0.1, -0.05) is 50.6 Å². The molecule has 5 nitrogen and oxygen atoms in total. The third-order valence-corrected chi connectivity index (χ3v) is 10.4. The molecule has 1 aliphatic heterocycles. The lowest BCUT2D eigenvalue weighted by Gasteiger charge is -2.58. The van der Waals surface area contributed by atoms with Gasteiger partial charge in [0.05, 0.1) is 11.6 Å². The Kier molecular flexibility index (Phi) is 8.70. The summed E-state index contributed by atoms with van der Waals surface area (Å²) in [5.41, 5.74) is 1.78. The zero-order valence-electron chi connectivity index (χ0n) is 24.8. The van der Waals surface area contributed by atoms with Gasteiger partial charge in [-0.15, -0.1) is 0 Å². The number of benzene rings is 2. The summed E-state index contributed by atoms with van der Waals surface area (Å²) in [4.78, 5) is 16.7. The van der Waals surface area contributed by atoms with Crippen molar-refractivity contribution in [3.63, 3.8) is 0 Å². The smallest absolute Gasteiger partial charge is 0.303 e. The molecule has 1 saturated heterocycles. The number of piperazine rings is 1. The summed E-state index contributed by atoms with van der Waals surface area (Å²) in [5, 5.41) is 12.3. The first-order valence-electron chi connectivity index (χ1n) is 15.1. The molecule has 0 spiro atoms. The van der Waals surface area contributed by atoms with Crippen molar-refractivity contribution in [2.24, 2.45) is 17.3 Å². The Bertz CT molecular complexity index is 1200. The van der Waals surface area contributed by atoms with Gasteiger partial charge in [-0.2, -0.15) is 0 Å².